The molecule has 1 atom stereocenters. The van der Waals surface area contributed by atoms with Gasteiger partial charge in [0.1, 0.15) is 11.1 Å². The third-order valence-electron chi connectivity index (χ3n) is 3.99. The first-order chi connectivity index (χ1) is 14.5. The number of thioether (sulfide) groups is 1. The largest absolute Gasteiger partial charge is 0.462 e. The first-order valence-corrected chi connectivity index (χ1v) is 10.2. The van der Waals surface area contributed by atoms with Gasteiger partial charge in [-0.05, 0) is 45.0 Å². The Labute approximate surface area is 185 Å². The predicted molar refractivity (Wildman–Crippen MR) is 110 cm³/mol. The Morgan fingerprint density at radius 1 is 1.35 bits per heavy atom. The molecule has 1 amide bonds. The molecule has 1 aromatic carbocycles. The zero-order valence-corrected chi connectivity index (χ0v) is 18.2. The smallest absolute Gasteiger partial charge is 0.417 e. The van der Waals surface area contributed by atoms with Crippen molar-refractivity contribution in [1.82, 2.24) is 4.98 Å². The molecule has 1 aromatic heterocycles. The number of esters is 1. The summed E-state index contributed by atoms with van der Waals surface area (Å²) in [4.78, 5) is 28.7. The second kappa shape index (κ2) is 10.0. The number of alkyl halides is 3. The number of anilines is 1. The summed E-state index contributed by atoms with van der Waals surface area (Å²) in [6, 6.07) is 6.30. The van der Waals surface area contributed by atoms with E-state index in [1.54, 1.807) is 13.8 Å². The molecule has 11 heteroatoms. The van der Waals surface area contributed by atoms with Crippen LogP contribution in [-0.2, 0) is 15.7 Å². The molecule has 0 radical (unpaired) electrons. The van der Waals surface area contributed by atoms with Gasteiger partial charge in [0.25, 0.3) is 0 Å². The highest BCUT2D eigenvalue weighted by Gasteiger charge is 2.33. The van der Waals surface area contributed by atoms with Crippen LogP contribution >= 0.6 is 23.4 Å². The number of ether oxygens (including phenoxy) is 1. The highest BCUT2D eigenvalue weighted by molar-refractivity contribution is 8.00. The average molecular weight is 472 g/mol. The molecule has 0 aliphatic carbocycles. The van der Waals surface area contributed by atoms with Crippen molar-refractivity contribution in [3.63, 3.8) is 0 Å². The van der Waals surface area contributed by atoms with Gasteiger partial charge in [0.2, 0.25) is 5.91 Å². The van der Waals surface area contributed by atoms with Crippen molar-refractivity contribution >= 4 is 40.9 Å². The number of benzene rings is 1. The Morgan fingerprint density at radius 2 is 2.03 bits per heavy atom. The minimum absolute atomic E-state index is 0.0727. The molecule has 0 aliphatic rings. The lowest BCUT2D eigenvalue weighted by atomic mass is 10.1. The standard InChI is InChI=1S/C20H17ClF3N3O3S/c1-4-30-19(29)14-7-12(9-25)18(26-10(14)2)31-11(3)17(28)27-13-5-6-16(21)15(8-13)20(22,23)24/h5-8,11H,4H2,1-3H3,(H,27,28). The van der Waals surface area contributed by atoms with Gasteiger partial charge < -0.3 is 10.1 Å². The molecule has 0 aliphatic heterocycles. The third-order valence-corrected chi connectivity index (χ3v) is 5.42. The molecule has 2 aromatic rings. The number of hydrogen-bond donors (Lipinski definition) is 1. The Bertz CT molecular complexity index is 1050. The SMILES string of the molecule is CCOC(=O)c1cc(C#N)c(SC(C)C(=O)Nc2ccc(Cl)c(C(F)(F)F)c2)nc1C. The Kier molecular flexibility index (Phi) is 7.92. The van der Waals surface area contributed by atoms with Crippen LogP contribution in [0, 0.1) is 18.3 Å². The number of pyridine rings is 1. The number of carbonyl (C=O) groups excluding carboxylic acids is 2. The monoisotopic (exact) mass is 471 g/mol. The fraction of sp³-hybridized carbons (Fsp3) is 0.300. The Hall–Kier alpha value is -2.77. The zero-order chi connectivity index (χ0) is 23.3. The number of carbonyl (C=O) groups is 2. The van der Waals surface area contributed by atoms with Crippen molar-refractivity contribution in [1.29, 1.82) is 5.26 Å². The van der Waals surface area contributed by atoms with Gasteiger partial charge in [-0.3, -0.25) is 4.79 Å². The van der Waals surface area contributed by atoms with Gasteiger partial charge in [-0.2, -0.15) is 18.4 Å². The maximum atomic E-state index is 13.0. The predicted octanol–water partition coefficient (Wildman–Crippen LogP) is 5.23. The number of nitriles is 1. The quantitative estimate of drug-likeness (QED) is 0.458. The van der Waals surface area contributed by atoms with Crippen molar-refractivity contribution in [3.05, 3.63) is 51.7 Å². The highest BCUT2D eigenvalue weighted by Crippen LogP contribution is 2.36. The van der Waals surface area contributed by atoms with Gasteiger partial charge in [0.15, 0.2) is 0 Å². The Balaban J connectivity index is 2.21. The molecule has 1 N–H and O–H groups in total. The molecule has 0 spiro atoms. The van der Waals surface area contributed by atoms with Crippen LogP contribution < -0.4 is 5.32 Å². The second-order valence-electron chi connectivity index (χ2n) is 6.25. The summed E-state index contributed by atoms with van der Waals surface area (Å²) in [5.74, 6) is -1.21. The van der Waals surface area contributed by atoms with Gasteiger partial charge in [0.05, 0.1) is 39.3 Å². The van der Waals surface area contributed by atoms with Gasteiger partial charge in [-0.1, -0.05) is 23.4 Å². The van der Waals surface area contributed by atoms with Crippen LogP contribution in [0.4, 0.5) is 18.9 Å². The van der Waals surface area contributed by atoms with E-state index in [0.717, 1.165) is 23.9 Å². The number of aryl methyl sites for hydroxylation is 1. The third kappa shape index (κ3) is 6.12. The molecule has 2 rings (SSSR count). The lowest BCUT2D eigenvalue weighted by molar-refractivity contribution is -0.137. The fourth-order valence-electron chi connectivity index (χ4n) is 2.45. The molecule has 1 unspecified atom stereocenters. The number of rotatable bonds is 6. The van der Waals surface area contributed by atoms with E-state index in [1.165, 1.54) is 19.1 Å². The molecule has 0 bridgehead atoms. The summed E-state index contributed by atoms with van der Waals surface area (Å²) >= 11 is 6.52. The van der Waals surface area contributed by atoms with Gasteiger partial charge >= 0.3 is 12.1 Å². The summed E-state index contributed by atoms with van der Waals surface area (Å²) in [5.41, 5.74) is -0.604. The normalized spacial score (nSPS) is 12.1. The molecule has 6 nitrogen and oxygen atoms in total. The van der Waals surface area contributed by atoms with Crippen LogP contribution in [-0.4, -0.2) is 28.7 Å². The van der Waals surface area contributed by atoms with Crippen LogP contribution in [0.2, 0.25) is 5.02 Å². The molecule has 31 heavy (non-hydrogen) atoms. The van der Waals surface area contributed by atoms with E-state index in [-0.39, 0.29) is 28.4 Å². The van der Waals surface area contributed by atoms with E-state index in [4.69, 9.17) is 16.3 Å². The van der Waals surface area contributed by atoms with E-state index >= 15 is 0 Å². The summed E-state index contributed by atoms with van der Waals surface area (Å²) in [6.07, 6.45) is -4.66. The van der Waals surface area contributed by atoms with E-state index in [9.17, 15) is 28.0 Å². The van der Waals surface area contributed by atoms with E-state index in [0.29, 0.717) is 5.69 Å². The minimum Gasteiger partial charge on any atom is -0.462 e. The summed E-state index contributed by atoms with van der Waals surface area (Å²) in [7, 11) is 0. The van der Waals surface area contributed by atoms with Crippen molar-refractivity contribution in [2.24, 2.45) is 0 Å². The minimum atomic E-state index is -4.66. The molecular weight excluding hydrogens is 455 g/mol. The van der Waals surface area contributed by atoms with E-state index in [2.05, 4.69) is 10.3 Å². The molecule has 0 saturated heterocycles. The first-order valence-electron chi connectivity index (χ1n) is 8.91. The van der Waals surface area contributed by atoms with E-state index < -0.39 is 33.9 Å². The van der Waals surface area contributed by atoms with Crippen LogP contribution in [0.1, 0.15) is 41.0 Å². The number of aromatic nitrogens is 1. The summed E-state index contributed by atoms with van der Waals surface area (Å²) in [6.45, 7) is 4.88. The second-order valence-corrected chi connectivity index (χ2v) is 7.98. The maximum absolute atomic E-state index is 13.0. The lowest BCUT2D eigenvalue weighted by Crippen LogP contribution is -2.23. The lowest BCUT2D eigenvalue weighted by Gasteiger charge is -2.15. The highest BCUT2D eigenvalue weighted by atomic mass is 35.5. The maximum Gasteiger partial charge on any atom is 0.417 e. The van der Waals surface area contributed by atoms with Crippen molar-refractivity contribution in [3.8, 4) is 6.07 Å². The molecule has 164 valence electrons. The number of halogens is 4. The van der Waals surface area contributed by atoms with Crippen LogP contribution in [0.5, 0.6) is 0 Å². The van der Waals surface area contributed by atoms with Gasteiger partial charge in [0, 0.05) is 5.69 Å². The van der Waals surface area contributed by atoms with Crippen LogP contribution in [0.25, 0.3) is 0 Å². The first kappa shape index (κ1) is 24.5. The zero-order valence-electron chi connectivity index (χ0n) is 16.6. The van der Waals surface area contributed by atoms with Crippen LogP contribution in [0.3, 0.4) is 0 Å². The summed E-state index contributed by atoms with van der Waals surface area (Å²) in [5, 5.41) is 10.7. The molecule has 0 saturated carbocycles. The fourth-order valence-corrected chi connectivity index (χ4v) is 3.60. The van der Waals surface area contributed by atoms with Gasteiger partial charge in [-0.15, -0.1) is 0 Å². The molecule has 1 heterocycles. The average Bonchev–Trinajstić information content (AvgIpc) is 2.68. The van der Waals surface area contributed by atoms with Crippen LogP contribution in [0.15, 0.2) is 29.3 Å². The number of amides is 1. The molecular formula is C20H17ClF3N3O3S. The topological polar surface area (TPSA) is 92.1 Å². The van der Waals surface area contributed by atoms with Crippen molar-refractivity contribution in [2.75, 3.05) is 11.9 Å². The van der Waals surface area contributed by atoms with Gasteiger partial charge in [-0.25, -0.2) is 9.78 Å². The number of nitrogens with zero attached hydrogens (tertiary/aromatic N) is 2. The number of nitrogens with one attached hydrogen (secondary N) is 1. The van der Waals surface area contributed by atoms with Crippen molar-refractivity contribution in [2.45, 2.75) is 37.2 Å². The molecule has 0 fully saturated rings. The Morgan fingerprint density at radius 3 is 2.61 bits per heavy atom. The van der Waals surface area contributed by atoms with E-state index in [1.807, 2.05) is 6.07 Å². The van der Waals surface area contributed by atoms with Crippen molar-refractivity contribution < 1.29 is 27.5 Å². The number of hydrogen-bond acceptors (Lipinski definition) is 6. The summed E-state index contributed by atoms with van der Waals surface area (Å²) < 4.78 is 43.9.